The number of carbonyl (C=O) groups excluding carboxylic acids is 1. The summed E-state index contributed by atoms with van der Waals surface area (Å²) in [7, 11) is 0. The third kappa shape index (κ3) is 3.34. The summed E-state index contributed by atoms with van der Waals surface area (Å²) >= 11 is 7.52. The molecule has 6 heteroatoms. The highest BCUT2D eigenvalue weighted by atomic mass is 35.5. The van der Waals surface area contributed by atoms with Crippen LogP contribution in [0.4, 0.5) is 0 Å². The fourth-order valence-corrected chi connectivity index (χ4v) is 4.28. The lowest BCUT2D eigenvalue weighted by Crippen LogP contribution is -2.10. The molecule has 1 fully saturated rings. The second-order valence-electron chi connectivity index (χ2n) is 5.95. The van der Waals surface area contributed by atoms with Crippen LogP contribution < -0.4 is 0 Å². The summed E-state index contributed by atoms with van der Waals surface area (Å²) in [6.07, 6.45) is 2.53. The first-order valence-corrected chi connectivity index (χ1v) is 9.44. The van der Waals surface area contributed by atoms with Gasteiger partial charge in [0.05, 0.1) is 5.25 Å². The minimum Gasteiger partial charge on any atom is -0.298 e. The van der Waals surface area contributed by atoms with E-state index in [1.165, 1.54) is 11.8 Å². The number of benzene rings is 2. The molecule has 0 spiro atoms. The number of para-hydroxylation sites is 1. The number of hydrogen-bond donors (Lipinski definition) is 0. The maximum absolute atomic E-state index is 12.0. The molecule has 0 amide bonds. The number of ketones is 1. The summed E-state index contributed by atoms with van der Waals surface area (Å²) in [4.78, 5) is 12.0. The molecule has 3 aromatic rings. The van der Waals surface area contributed by atoms with E-state index < -0.39 is 0 Å². The highest BCUT2D eigenvalue weighted by Crippen LogP contribution is 2.35. The molecule has 0 N–H and O–H groups in total. The van der Waals surface area contributed by atoms with Crippen LogP contribution in [0, 0.1) is 0 Å². The third-order valence-electron chi connectivity index (χ3n) is 4.25. The number of nitrogens with zero attached hydrogens (tertiary/aromatic N) is 3. The summed E-state index contributed by atoms with van der Waals surface area (Å²) < 4.78 is 2.01. The van der Waals surface area contributed by atoms with Gasteiger partial charge in [-0.15, -0.1) is 10.2 Å². The SMILES string of the molecule is O=C1CCC[C@@H]1Sc1nnc(-c2ccc(Cl)cc2)n1-c1ccccc1. The van der Waals surface area contributed by atoms with Crippen LogP contribution in [0.1, 0.15) is 19.3 Å². The Morgan fingerprint density at radius 1 is 1.04 bits per heavy atom. The first-order valence-electron chi connectivity index (χ1n) is 8.18. The Morgan fingerprint density at radius 3 is 2.48 bits per heavy atom. The first kappa shape index (κ1) is 16.4. The van der Waals surface area contributed by atoms with Crippen LogP contribution in [0.25, 0.3) is 17.1 Å². The minimum absolute atomic E-state index is 0.0234. The van der Waals surface area contributed by atoms with Crippen molar-refractivity contribution in [1.82, 2.24) is 14.8 Å². The normalized spacial score (nSPS) is 17.2. The molecule has 1 atom stereocenters. The molecule has 126 valence electrons. The van der Waals surface area contributed by atoms with Gasteiger partial charge in [-0.2, -0.15) is 0 Å². The van der Waals surface area contributed by atoms with Crippen LogP contribution >= 0.6 is 23.4 Å². The molecule has 1 aromatic heterocycles. The van der Waals surface area contributed by atoms with E-state index in [9.17, 15) is 4.79 Å². The molecule has 0 unspecified atom stereocenters. The van der Waals surface area contributed by atoms with Gasteiger partial charge < -0.3 is 0 Å². The van der Waals surface area contributed by atoms with E-state index in [1.54, 1.807) is 0 Å². The predicted octanol–water partition coefficient (Wildman–Crippen LogP) is 4.80. The standard InChI is InChI=1S/C19H16ClN3OS/c20-14-11-9-13(10-12-14)18-21-22-19(25-17-8-4-7-16(17)24)23(18)15-5-2-1-3-6-15/h1-3,5-6,9-12,17H,4,7-8H2/t17-/m0/s1. The van der Waals surface area contributed by atoms with E-state index in [1.807, 2.05) is 59.2 Å². The molecule has 0 radical (unpaired) electrons. The molecule has 0 aliphatic heterocycles. The minimum atomic E-state index is -0.0234. The molecule has 25 heavy (non-hydrogen) atoms. The zero-order valence-electron chi connectivity index (χ0n) is 13.4. The monoisotopic (exact) mass is 369 g/mol. The van der Waals surface area contributed by atoms with Crippen molar-refractivity contribution >= 4 is 29.1 Å². The molecular weight excluding hydrogens is 354 g/mol. The number of thioether (sulfide) groups is 1. The van der Waals surface area contributed by atoms with E-state index in [2.05, 4.69) is 10.2 Å². The second kappa shape index (κ2) is 7.02. The summed E-state index contributed by atoms with van der Waals surface area (Å²) in [5.74, 6) is 1.05. The summed E-state index contributed by atoms with van der Waals surface area (Å²) in [5, 5.41) is 10.2. The summed E-state index contributed by atoms with van der Waals surface area (Å²) in [6, 6.07) is 17.5. The molecule has 0 bridgehead atoms. The molecule has 1 aliphatic carbocycles. The average molecular weight is 370 g/mol. The Kier molecular flexibility index (Phi) is 4.59. The van der Waals surface area contributed by atoms with Crippen LogP contribution in [-0.4, -0.2) is 25.8 Å². The Morgan fingerprint density at radius 2 is 1.80 bits per heavy atom. The largest absolute Gasteiger partial charge is 0.298 e. The number of hydrogen-bond acceptors (Lipinski definition) is 4. The van der Waals surface area contributed by atoms with Crippen LogP contribution in [0.5, 0.6) is 0 Å². The van der Waals surface area contributed by atoms with Gasteiger partial charge in [-0.25, -0.2) is 0 Å². The van der Waals surface area contributed by atoms with Crippen molar-refractivity contribution in [3.63, 3.8) is 0 Å². The molecule has 1 heterocycles. The van der Waals surface area contributed by atoms with Crippen LogP contribution in [0.3, 0.4) is 0 Å². The van der Waals surface area contributed by atoms with Crippen molar-refractivity contribution in [1.29, 1.82) is 0 Å². The fourth-order valence-electron chi connectivity index (χ4n) is 2.98. The van der Waals surface area contributed by atoms with Crippen molar-refractivity contribution in [3.8, 4) is 17.1 Å². The van der Waals surface area contributed by atoms with Gasteiger partial charge in [0.25, 0.3) is 0 Å². The number of Topliss-reactive ketones (excluding diaryl/α,β-unsaturated/α-hetero) is 1. The number of carbonyl (C=O) groups is 1. The highest BCUT2D eigenvalue weighted by Gasteiger charge is 2.28. The van der Waals surface area contributed by atoms with Crippen molar-refractivity contribution in [2.24, 2.45) is 0 Å². The maximum atomic E-state index is 12.0. The zero-order chi connectivity index (χ0) is 17.2. The molecular formula is C19H16ClN3OS. The van der Waals surface area contributed by atoms with E-state index in [4.69, 9.17) is 11.6 Å². The lowest BCUT2D eigenvalue weighted by Gasteiger charge is -2.12. The fraction of sp³-hybridized carbons (Fsp3) is 0.211. The van der Waals surface area contributed by atoms with Gasteiger partial charge in [-0.3, -0.25) is 9.36 Å². The Labute approximate surface area is 155 Å². The number of halogens is 1. The molecule has 4 nitrogen and oxygen atoms in total. The molecule has 1 aliphatic rings. The van der Waals surface area contributed by atoms with E-state index in [0.29, 0.717) is 17.2 Å². The Bertz CT molecular complexity index is 893. The predicted molar refractivity (Wildman–Crippen MR) is 100 cm³/mol. The Balaban J connectivity index is 1.79. The van der Waals surface area contributed by atoms with Crippen LogP contribution in [0.15, 0.2) is 59.8 Å². The molecule has 0 saturated heterocycles. The van der Waals surface area contributed by atoms with Gasteiger partial charge >= 0.3 is 0 Å². The summed E-state index contributed by atoms with van der Waals surface area (Å²) in [5.41, 5.74) is 1.91. The molecule has 4 rings (SSSR count). The average Bonchev–Trinajstić information content (AvgIpc) is 3.23. The van der Waals surface area contributed by atoms with Crippen LogP contribution in [-0.2, 0) is 4.79 Å². The van der Waals surface area contributed by atoms with Gasteiger partial charge in [0.1, 0.15) is 5.78 Å². The van der Waals surface area contributed by atoms with Gasteiger partial charge in [-0.1, -0.05) is 41.6 Å². The number of rotatable bonds is 4. The topological polar surface area (TPSA) is 47.8 Å². The van der Waals surface area contributed by atoms with Crippen LogP contribution in [0.2, 0.25) is 5.02 Å². The molecule has 2 aromatic carbocycles. The third-order valence-corrected chi connectivity index (χ3v) is 5.76. The van der Waals surface area contributed by atoms with Crippen molar-refractivity contribution < 1.29 is 4.79 Å². The van der Waals surface area contributed by atoms with Crippen molar-refractivity contribution in [3.05, 3.63) is 59.6 Å². The van der Waals surface area contributed by atoms with E-state index in [0.717, 1.165) is 35.1 Å². The van der Waals surface area contributed by atoms with Gasteiger partial charge in [0.15, 0.2) is 11.0 Å². The quantitative estimate of drug-likeness (QED) is 0.662. The number of aromatic nitrogens is 3. The van der Waals surface area contributed by atoms with Crippen molar-refractivity contribution in [2.75, 3.05) is 0 Å². The first-order chi connectivity index (χ1) is 12.2. The van der Waals surface area contributed by atoms with Gasteiger partial charge in [0.2, 0.25) is 0 Å². The van der Waals surface area contributed by atoms with E-state index in [-0.39, 0.29) is 5.25 Å². The van der Waals surface area contributed by atoms with E-state index >= 15 is 0 Å². The second-order valence-corrected chi connectivity index (χ2v) is 7.56. The Hall–Kier alpha value is -2.11. The van der Waals surface area contributed by atoms with Crippen molar-refractivity contribution in [2.45, 2.75) is 29.7 Å². The zero-order valence-corrected chi connectivity index (χ0v) is 15.0. The molecule has 1 saturated carbocycles. The van der Waals surface area contributed by atoms with Gasteiger partial charge in [-0.05, 0) is 49.2 Å². The lowest BCUT2D eigenvalue weighted by atomic mass is 10.2. The highest BCUT2D eigenvalue weighted by molar-refractivity contribution is 8.00. The smallest absolute Gasteiger partial charge is 0.196 e. The lowest BCUT2D eigenvalue weighted by molar-refractivity contribution is -0.116. The maximum Gasteiger partial charge on any atom is 0.196 e. The van der Waals surface area contributed by atoms with Gasteiger partial charge in [0, 0.05) is 22.7 Å². The summed E-state index contributed by atoms with van der Waals surface area (Å²) in [6.45, 7) is 0.